The number of fused-ring (bicyclic) bond motifs is 3. The second-order valence-electron chi connectivity index (χ2n) is 10.0. The van der Waals surface area contributed by atoms with Crippen molar-refractivity contribution < 1.29 is 22.8 Å². The van der Waals surface area contributed by atoms with E-state index >= 15 is 0 Å². The summed E-state index contributed by atoms with van der Waals surface area (Å²) in [7, 11) is 0. The first kappa shape index (κ1) is 26.7. The zero-order valence-corrected chi connectivity index (χ0v) is 22.2. The maximum Gasteiger partial charge on any atom is 0.408 e. The van der Waals surface area contributed by atoms with Gasteiger partial charge >= 0.3 is 6.18 Å². The molecular weight excluding hydrogens is 535 g/mol. The normalized spacial score (nSPS) is 19.9. The molecule has 0 saturated heterocycles. The summed E-state index contributed by atoms with van der Waals surface area (Å²) in [6.45, 7) is 12.1. The summed E-state index contributed by atoms with van der Waals surface area (Å²) in [5.41, 5.74) is 2.62. The van der Waals surface area contributed by atoms with Gasteiger partial charge in [-0.15, -0.1) is 0 Å². The average molecular weight is 560 g/mol. The largest absolute Gasteiger partial charge is 0.408 e. The zero-order chi connectivity index (χ0) is 28.2. The Labute approximate surface area is 227 Å². The molecule has 2 aromatic heterocycles. The lowest BCUT2D eigenvalue weighted by Crippen LogP contribution is -2.45. The van der Waals surface area contributed by atoms with Crippen LogP contribution in [0.2, 0.25) is 5.02 Å². The Morgan fingerprint density at radius 1 is 1.23 bits per heavy atom. The van der Waals surface area contributed by atoms with Crippen molar-refractivity contribution in [2.45, 2.75) is 64.6 Å². The molecule has 0 aliphatic carbocycles. The van der Waals surface area contributed by atoms with E-state index in [1.54, 1.807) is 27.5 Å². The van der Waals surface area contributed by atoms with E-state index < -0.39 is 18.8 Å². The Kier molecular flexibility index (Phi) is 6.66. The van der Waals surface area contributed by atoms with Crippen molar-refractivity contribution in [3.05, 3.63) is 75.1 Å². The van der Waals surface area contributed by atoms with E-state index in [0.717, 1.165) is 10.4 Å². The first-order valence-corrected chi connectivity index (χ1v) is 12.7. The molecule has 3 atom stereocenters. The first-order chi connectivity index (χ1) is 18.4. The number of benzene rings is 1. The second-order valence-corrected chi connectivity index (χ2v) is 10.4. The molecule has 2 amide bonds. The zero-order valence-electron chi connectivity index (χ0n) is 21.4. The highest BCUT2D eigenvalue weighted by Crippen LogP contribution is 2.35. The molecule has 0 radical (unpaired) electrons. The number of rotatable bonds is 4. The number of carbonyl (C=O) groups excluding carboxylic acids is 2. The summed E-state index contributed by atoms with van der Waals surface area (Å²) in [5, 5.41) is 9.04. The number of hydrogen-bond acceptors (Lipinski definition) is 4. The summed E-state index contributed by atoms with van der Waals surface area (Å²) in [6.07, 6.45) is -2.70. The van der Waals surface area contributed by atoms with Crippen LogP contribution in [0.15, 0.2) is 30.5 Å². The summed E-state index contributed by atoms with van der Waals surface area (Å²) < 4.78 is 40.9. The van der Waals surface area contributed by atoms with Gasteiger partial charge in [-0.1, -0.05) is 23.7 Å². The van der Waals surface area contributed by atoms with Gasteiger partial charge in [0.15, 0.2) is 0 Å². The monoisotopic (exact) mass is 559 g/mol. The highest BCUT2D eigenvalue weighted by atomic mass is 35.5. The fourth-order valence-corrected chi connectivity index (χ4v) is 5.38. The second kappa shape index (κ2) is 9.72. The van der Waals surface area contributed by atoms with Gasteiger partial charge in [-0.05, 0) is 32.9 Å². The van der Waals surface area contributed by atoms with Crippen molar-refractivity contribution in [3.63, 3.8) is 0 Å². The lowest BCUT2D eigenvalue weighted by Gasteiger charge is -2.37. The molecule has 4 heterocycles. The minimum Gasteiger partial charge on any atom is -0.331 e. The van der Waals surface area contributed by atoms with Crippen LogP contribution in [0.3, 0.4) is 0 Å². The quantitative estimate of drug-likeness (QED) is 0.411. The first-order valence-electron chi connectivity index (χ1n) is 12.4. The summed E-state index contributed by atoms with van der Waals surface area (Å²) >= 11 is 6.04. The summed E-state index contributed by atoms with van der Waals surface area (Å²) in [5.74, 6) is -0.602. The van der Waals surface area contributed by atoms with Crippen molar-refractivity contribution in [2.75, 3.05) is 6.54 Å². The molecule has 2 aliphatic rings. The fraction of sp³-hybridized carbons (Fsp3) is 0.423. The van der Waals surface area contributed by atoms with Crippen LogP contribution in [0, 0.1) is 6.57 Å². The Balaban J connectivity index is 1.44. The minimum absolute atomic E-state index is 0.154. The van der Waals surface area contributed by atoms with Gasteiger partial charge < -0.3 is 9.80 Å². The highest BCUT2D eigenvalue weighted by molar-refractivity contribution is 6.33. The van der Waals surface area contributed by atoms with Crippen molar-refractivity contribution in [1.29, 1.82) is 0 Å². The van der Waals surface area contributed by atoms with E-state index in [-0.39, 0.29) is 41.2 Å². The van der Waals surface area contributed by atoms with Crippen molar-refractivity contribution in [3.8, 4) is 0 Å². The molecule has 0 saturated carbocycles. The van der Waals surface area contributed by atoms with Gasteiger partial charge in [-0.25, -0.2) is 4.85 Å². The third-order valence-corrected chi connectivity index (χ3v) is 7.58. The molecule has 3 aromatic rings. The van der Waals surface area contributed by atoms with Crippen molar-refractivity contribution >= 4 is 29.1 Å². The van der Waals surface area contributed by atoms with E-state index in [2.05, 4.69) is 9.94 Å². The van der Waals surface area contributed by atoms with Crippen LogP contribution in [0.4, 0.5) is 18.9 Å². The molecule has 204 valence electrons. The van der Waals surface area contributed by atoms with Gasteiger partial charge in [0.05, 0.1) is 36.6 Å². The van der Waals surface area contributed by atoms with E-state index in [9.17, 15) is 22.8 Å². The molecule has 0 unspecified atom stereocenters. The number of halogens is 4. The van der Waals surface area contributed by atoms with Gasteiger partial charge in [0.2, 0.25) is 5.69 Å². The number of hydrogen-bond donors (Lipinski definition) is 0. The highest BCUT2D eigenvalue weighted by Gasteiger charge is 2.41. The summed E-state index contributed by atoms with van der Waals surface area (Å²) in [4.78, 5) is 33.9. The molecule has 0 fully saturated rings. The Morgan fingerprint density at radius 2 is 1.97 bits per heavy atom. The predicted octanol–water partition coefficient (Wildman–Crippen LogP) is 5.21. The molecule has 0 spiro atoms. The van der Waals surface area contributed by atoms with Crippen molar-refractivity contribution in [1.82, 2.24) is 29.4 Å². The number of aromatic nitrogens is 4. The number of carbonyl (C=O) groups is 2. The smallest absolute Gasteiger partial charge is 0.331 e. The lowest BCUT2D eigenvalue weighted by molar-refractivity contribution is -0.142. The molecular formula is C26H25ClF3N7O2. The van der Waals surface area contributed by atoms with Crippen LogP contribution >= 0.6 is 11.6 Å². The van der Waals surface area contributed by atoms with E-state index in [1.807, 2.05) is 13.8 Å². The maximum absolute atomic E-state index is 13.8. The van der Waals surface area contributed by atoms with Crippen LogP contribution in [0.1, 0.15) is 70.7 Å². The van der Waals surface area contributed by atoms with Crippen LogP contribution in [0.25, 0.3) is 4.85 Å². The molecule has 0 bridgehead atoms. The average Bonchev–Trinajstić information content (AvgIpc) is 3.48. The molecule has 13 heteroatoms. The fourth-order valence-electron chi connectivity index (χ4n) is 5.22. The van der Waals surface area contributed by atoms with Crippen LogP contribution < -0.4 is 0 Å². The third-order valence-electron chi connectivity index (χ3n) is 7.26. The topological polar surface area (TPSA) is 80.6 Å². The van der Waals surface area contributed by atoms with Crippen molar-refractivity contribution in [2.24, 2.45) is 0 Å². The van der Waals surface area contributed by atoms with Gasteiger partial charge in [0.25, 0.3) is 11.8 Å². The summed E-state index contributed by atoms with van der Waals surface area (Å²) in [6, 6.07) is 5.07. The Hall–Kier alpha value is -3.85. The minimum atomic E-state index is -4.41. The lowest BCUT2D eigenvalue weighted by atomic mass is 9.97. The Morgan fingerprint density at radius 3 is 2.67 bits per heavy atom. The SMILES string of the molecule is [C-]#[N+]c1cc(C(=O)N2Cc3c(nn4c3C(=O)N([C@H](C)c3ccn(CC(F)(F)F)n3)C[C@H]4C)C[C@H]2C)ccc1Cl. The molecule has 9 nitrogen and oxygen atoms in total. The van der Waals surface area contributed by atoms with Gasteiger partial charge in [0.1, 0.15) is 12.2 Å². The van der Waals surface area contributed by atoms with Crippen LogP contribution in [-0.4, -0.2) is 59.9 Å². The van der Waals surface area contributed by atoms with Crippen LogP contribution in [0.5, 0.6) is 0 Å². The van der Waals surface area contributed by atoms with Gasteiger partial charge in [-0.3, -0.25) is 19.0 Å². The maximum atomic E-state index is 13.8. The van der Waals surface area contributed by atoms with E-state index in [0.29, 0.717) is 35.5 Å². The molecule has 39 heavy (non-hydrogen) atoms. The number of alkyl halides is 3. The molecule has 5 rings (SSSR count). The van der Waals surface area contributed by atoms with E-state index in [1.165, 1.54) is 24.4 Å². The van der Waals surface area contributed by atoms with Crippen LogP contribution in [-0.2, 0) is 19.5 Å². The van der Waals surface area contributed by atoms with Gasteiger partial charge in [0, 0.05) is 41.4 Å². The van der Waals surface area contributed by atoms with E-state index in [4.69, 9.17) is 23.3 Å². The molecule has 0 N–H and O–H groups in total. The molecule has 1 aromatic carbocycles. The molecule has 2 aliphatic heterocycles. The number of nitrogens with zero attached hydrogens (tertiary/aromatic N) is 7. The standard InChI is InChI=1S/C26H25ClF3N7O2/c1-14-9-21-18(12-35(14)24(38)17-5-6-19(27)22(10-17)31-4)23-25(39)36(11-15(2)37(23)33-21)16(3)20-7-8-34(32-20)13-26(28,29)30/h5-8,10,14-16H,9,11-13H2,1-3H3/t14-,15-,16-/m1/s1. The number of amides is 2. The third kappa shape index (κ3) is 4.87. The van der Waals surface area contributed by atoms with Gasteiger partial charge in [-0.2, -0.15) is 23.4 Å². The predicted molar refractivity (Wildman–Crippen MR) is 135 cm³/mol. The Bertz CT molecular complexity index is 1510.